The molecule has 0 bridgehead atoms. The van der Waals surface area contributed by atoms with Crippen LogP contribution in [0.5, 0.6) is 0 Å². The summed E-state index contributed by atoms with van der Waals surface area (Å²) >= 11 is 5.65. The van der Waals surface area contributed by atoms with Crippen LogP contribution in [0.2, 0.25) is 5.02 Å². The first-order chi connectivity index (χ1) is 20.0. The van der Waals surface area contributed by atoms with Gasteiger partial charge in [0.15, 0.2) is 0 Å². The lowest BCUT2D eigenvalue weighted by Gasteiger charge is -2.09. The van der Waals surface area contributed by atoms with Crippen LogP contribution in [0.15, 0.2) is 73.1 Å². The van der Waals surface area contributed by atoms with Crippen molar-refractivity contribution in [2.45, 2.75) is 92.2 Å². The molecule has 0 spiro atoms. The van der Waals surface area contributed by atoms with Gasteiger partial charge in [-0.05, 0) is 84.7 Å². The molecular formula is C34H43ClF4N4. The molecule has 0 saturated carbocycles. The average Bonchev–Trinajstić information content (AvgIpc) is 2.94. The van der Waals surface area contributed by atoms with Gasteiger partial charge in [0, 0.05) is 35.2 Å². The molecule has 0 aliphatic carbocycles. The van der Waals surface area contributed by atoms with Crippen molar-refractivity contribution in [1.29, 1.82) is 0 Å². The Labute approximate surface area is 259 Å². The fraction of sp³-hybridized carbons (Fsp3) is 0.412. The van der Waals surface area contributed by atoms with Crippen LogP contribution in [0.1, 0.15) is 113 Å². The van der Waals surface area contributed by atoms with Crippen LogP contribution < -0.4 is 0 Å². The van der Waals surface area contributed by atoms with E-state index in [9.17, 15) is 17.6 Å². The first-order valence-corrected chi connectivity index (χ1v) is 14.6. The van der Waals surface area contributed by atoms with Gasteiger partial charge in [0.1, 0.15) is 5.69 Å². The van der Waals surface area contributed by atoms with Crippen LogP contribution in [0.4, 0.5) is 17.6 Å². The summed E-state index contributed by atoms with van der Waals surface area (Å²) in [7, 11) is 0. The second-order valence-electron chi connectivity index (χ2n) is 11.1. The zero-order chi connectivity index (χ0) is 32.7. The Hall–Kier alpha value is -3.39. The Morgan fingerprint density at radius 2 is 1.16 bits per heavy atom. The van der Waals surface area contributed by atoms with Gasteiger partial charge in [0.25, 0.3) is 0 Å². The highest BCUT2D eigenvalue weighted by molar-refractivity contribution is 6.30. The Kier molecular flexibility index (Phi) is 16.0. The molecule has 0 radical (unpaired) electrons. The molecule has 0 atom stereocenters. The molecule has 43 heavy (non-hydrogen) atoms. The molecule has 0 saturated heterocycles. The van der Waals surface area contributed by atoms with Crippen LogP contribution >= 0.6 is 11.6 Å². The first-order valence-electron chi connectivity index (χ1n) is 14.2. The third-order valence-electron chi connectivity index (χ3n) is 5.85. The van der Waals surface area contributed by atoms with Gasteiger partial charge in [-0.15, -0.1) is 0 Å². The lowest BCUT2D eigenvalue weighted by molar-refractivity contribution is -0.141. The number of alkyl halides is 3. The van der Waals surface area contributed by atoms with Gasteiger partial charge in [-0.25, -0.2) is 9.97 Å². The summed E-state index contributed by atoms with van der Waals surface area (Å²) in [6.45, 7) is 18.2. The minimum atomic E-state index is -4.34. The van der Waals surface area contributed by atoms with Crippen molar-refractivity contribution >= 4 is 11.6 Å². The van der Waals surface area contributed by atoms with Crippen LogP contribution in [0, 0.1) is 12.9 Å². The highest BCUT2D eigenvalue weighted by Gasteiger charge is 2.32. The van der Waals surface area contributed by atoms with E-state index in [0.717, 1.165) is 17.5 Å². The predicted octanol–water partition coefficient (Wildman–Crippen LogP) is 10.9. The molecule has 4 rings (SSSR count). The summed E-state index contributed by atoms with van der Waals surface area (Å²) in [5.41, 5.74) is 4.01. The molecule has 0 fully saturated rings. The maximum Gasteiger partial charge on any atom is 0.433 e. The topological polar surface area (TPSA) is 51.6 Å². The van der Waals surface area contributed by atoms with E-state index in [-0.39, 0.29) is 5.92 Å². The van der Waals surface area contributed by atoms with E-state index >= 15 is 0 Å². The summed E-state index contributed by atoms with van der Waals surface area (Å²) in [5.74, 6) is 0.946. The number of hydrogen-bond acceptors (Lipinski definition) is 4. The highest BCUT2D eigenvalue weighted by Crippen LogP contribution is 2.28. The minimum absolute atomic E-state index is 0.0160. The minimum Gasteiger partial charge on any atom is -0.261 e. The highest BCUT2D eigenvalue weighted by atomic mass is 35.5. The van der Waals surface area contributed by atoms with Crippen molar-refractivity contribution in [3.8, 4) is 0 Å². The van der Waals surface area contributed by atoms with Crippen LogP contribution in [0.3, 0.4) is 0 Å². The number of hydrogen-bond donors (Lipinski definition) is 0. The van der Waals surface area contributed by atoms with Crippen LogP contribution in [-0.4, -0.2) is 19.9 Å². The molecular weight excluding hydrogens is 576 g/mol. The predicted molar refractivity (Wildman–Crippen MR) is 168 cm³/mol. The zero-order valence-electron chi connectivity index (χ0n) is 26.4. The quantitative estimate of drug-likeness (QED) is 0.169. The van der Waals surface area contributed by atoms with Gasteiger partial charge >= 0.3 is 6.18 Å². The van der Waals surface area contributed by atoms with E-state index in [2.05, 4.69) is 60.6 Å². The maximum absolute atomic E-state index is 12.4. The van der Waals surface area contributed by atoms with Crippen molar-refractivity contribution in [2.24, 2.45) is 0 Å². The van der Waals surface area contributed by atoms with Gasteiger partial charge in [0.2, 0.25) is 5.95 Å². The number of aryl methyl sites for hydroxylation is 1. The monoisotopic (exact) mass is 618 g/mol. The van der Waals surface area contributed by atoms with Crippen molar-refractivity contribution in [3.63, 3.8) is 0 Å². The molecule has 234 valence electrons. The molecule has 0 unspecified atom stereocenters. The number of rotatable bonds is 4. The maximum atomic E-state index is 12.4. The molecule has 4 aromatic rings. The average molecular weight is 619 g/mol. The Morgan fingerprint density at radius 3 is 1.56 bits per heavy atom. The van der Waals surface area contributed by atoms with E-state index in [4.69, 9.17) is 11.6 Å². The van der Waals surface area contributed by atoms with E-state index in [1.807, 2.05) is 58.2 Å². The largest absolute Gasteiger partial charge is 0.433 e. The van der Waals surface area contributed by atoms with E-state index in [0.29, 0.717) is 28.5 Å². The Morgan fingerprint density at radius 1 is 0.628 bits per heavy atom. The lowest BCUT2D eigenvalue weighted by atomic mass is 10.1. The molecule has 9 heteroatoms. The van der Waals surface area contributed by atoms with Gasteiger partial charge < -0.3 is 0 Å². The number of pyridine rings is 4. The number of halogens is 5. The summed E-state index contributed by atoms with van der Waals surface area (Å²) in [5, 5.41) is 0.699. The fourth-order valence-electron chi connectivity index (χ4n) is 3.28. The van der Waals surface area contributed by atoms with Crippen LogP contribution in [-0.2, 0) is 6.18 Å². The Balaban J connectivity index is 0.000000289. The SMILES string of the molecule is CC(C)c1ccc(Cl)cn1.CC(C)c1cccc(C(F)(F)F)n1.CC(C)c1cccc(F)n1.Cc1ccnc(C(C)C)c1. The fourth-order valence-corrected chi connectivity index (χ4v) is 3.39. The van der Waals surface area contributed by atoms with Crippen LogP contribution in [0.25, 0.3) is 0 Å². The van der Waals surface area contributed by atoms with Crippen molar-refractivity contribution in [2.75, 3.05) is 0 Å². The molecule has 0 aliphatic heterocycles. The summed E-state index contributed by atoms with van der Waals surface area (Å²) in [4.78, 5) is 15.6. The molecule has 4 nitrogen and oxygen atoms in total. The van der Waals surface area contributed by atoms with Crippen molar-refractivity contribution < 1.29 is 17.6 Å². The van der Waals surface area contributed by atoms with E-state index in [1.165, 1.54) is 23.4 Å². The third-order valence-corrected chi connectivity index (χ3v) is 6.07. The molecule has 4 heterocycles. The Bertz CT molecular complexity index is 1310. The molecule has 4 aromatic heterocycles. The number of nitrogens with zero attached hydrogens (tertiary/aromatic N) is 4. The lowest BCUT2D eigenvalue weighted by Crippen LogP contribution is -2.09. The smallest absolute Gasteiger partial charge is 0.261 e. The second kappa shape index (κ2) is 18.3. The number of aromatic nitrogens is 4. The second-order valence-corrected chi connectivity index (χ2v) is 11.5. The zero-order valence-corrected chi connectivity index (χ0v) is 27.2. The summed E-state index contributed by atoms with van der Waals surface area (Å²) in [6.07, 6.45) is -0.799. The van der Waals surface area contributed by atoms with Gasteiger partial charge in [0.05, 0.1) is 5.02 Å². The van der Waals surface area contributed by atoms with Crippen molar-refractivity contribution in [1.82, 2.24) is 19.9 Å². The third kappa shape index (κ3) is 15.1. The first kappa shape index (κ1) is 37.6. The van der Waals surface area contributed by atoms with Gasteiger partial charge in [-0.1, -0.05) is 79.1 Å². The summed E-state index contributed by atoms with van der Waals surface area (Å²) in [6, 6.07) is 16.8. The summed E-state index contributed by atoms with van der Waals surface area (Å²) < 4.78 is 48.9. The molecule has 0 N–H and O–H groups in total. The van der Waals surface area contributed by atoms with E-state index < -0.39 is 17.8 Å². The molecule has 0 aliphatic rings. The molecule has 0 amide bonds. The standard InChI is InChI=1S/C9H10F3N.C9H13N.C8H10ClN.C8H10FN/c1-6(2)7-4-3-5-8(13-7)9(10,11)12;1-7(2)9-6-8(3)4-5-10-9;1-6(2)8-4-3-7(9)5-10-8;1-6(2)7-4-3-5-8(9)10-7/h3-6H,1-2H3;4-7H,1-3H3;2*3-6H,1-2H3. The van der Waals surface area contributed by atoms with Gasteiger partial charge in [-0.2, -0.15) is 17.6 Å². The van der Waals surface area contributed by atoms with E-state index in [1.54, 1.807) is 18.3 Å². The molecule has 0 aromatic carbocycles. The normalized spacial score (nSPS) is 10.9. The van der Waals surface area contributed by atoms with Gasteiger partial charge in [-0.3, -0.25) is 9.97 Å². The van der Waals surface area contributed by atoms with Crippen molar-refractivity contribution in [3.05, 3.63) is 118 Å².